The fourth-order valence-corrected chi connectivity index (χ4v) is 3.27. The Morgan fingerprint density at radius 2 is 1.89 bits per heavy atom. The standard InChI is InChI=1S/C20H13ClFN3O2/c1-11-7-8-23-17(12-5-3-2-4-6-12)18(11)25-16(27)10-15(26)13-9-14(22)19(21)24-20(13)25/h2-9H,10H2,1H3. The van der Waals surface area contributed by atoms with Crippen molar-refractivity contribution >= 4 is 34.8 Å². The number of carbonyl (C=O) groups is 2. The summed E-state index contributed by atoms with van der Waals surface area (Å²) in [5.74, 6) is -1.73. The highest BCUT2D eigenvalue weighted by Crippen LogP contribution is 2.40. The zero-order valence-electron chi connectivity index (χ0n) is 14.2. The number of anilines is 2. The Hall–Kier alpha value is -3.12. The van der Waals surface area contributed by atoms with Gasteiger partial charge in [-0.1, -0.05) is 41.9 Å². The van der Waals surface area contributed by atoms with Crippen LogP contribution in [0.4, 0.5) is 15.9 Å². The fourth-order valence-electron chi connectivity index (χ4n) is 3.13. The number of ketones is 1. The Morgan fingerprint density at radius 3 is 2.63 bits per heavy atom. The van der Waals surface area contributed by atoms with E-state index >= 15 is 0 Å². The van der Waals surface area contributed by atoms with E-state index in [1.54, 1.807) is 12.3 Å². The number of aryl methyl sites for hydroxylation is 1. The molecule has 3 heterocycles. The van der Waals surface area contributed by atoms with Gasteiger partial charge in [0.05, 0.1) is 23.4 Å². The number of hydrogen-bond donors (Lipinski definition) is 0. The number of pyridine rings is 2. The number of fused-ring (bicyclic) bond motifs is 1. The highest BCUT2D eigenvalue weighted by Gasteiger charge is 2.35. The van der Waals surface area contributed by atoms with Gasteiger partial charge in [-0.15, -0.1) is 0 Å². The molecule has 1 aromatic carbocycles. The molecule has 0 bridgehead atoms. The van der Waals surface area contributed by atoms with Gasteiger partial charge >= 0.3 is 0 Å². The summed E-state index contributed by atoms with van der Waals surface area (Å²) in [6, 6.07) is 12.1. The van der Waals surface area contributed by atoms with Crippen LogP contribution in [0.3, 0.4) is 0 Å². The molecule has 0 spiro atoms. The Labute approximate surface area is 159 Å². The monoisotopic (exact) mass is 381 g/mol. The van der Waals surface area contributed by atoms with Crippen LogP contribution in [-0.4, -0.2) is 21.7 Å². The van der Waals surface area contributed by atoms with Gasteiger partial charge in [0.2, 0.25) is 5.91 Å². The summed E-state index contributed by atoms with van der Waals surface area (Å²) in [7, 11) is 0. The lowest BCUT2D eigenvalue weighted by Gasteiger charge is -2.30. The van der Waals surface area contributed by atoms with Gasteiger partial charge in [0.15, 0.2) is 22.6 Å². The van der Waals surface area contributed by atoms with Gasteiger partial charge in [-0.2, -0.15) is 0 Å². The zero-order chi connectivity index (χ0) is 19.1. The summed E-state index contributed by atoms with van der Waals surface area (Å²) >= 11 is 5.84. The molecule has 0 unspecified atom stereocenters. The van der Waals surface area contributed by atoms with E-state index in [0.717, 1.165) is 17.2 Å². The number of Topliss-reactive ketones (excluding diaryl/α,β-unsaturated/α-hetero) is 1. The van der Waals surface area contributed by atoms with Gasteiger partial charge in [0, 0.05) is 11.8 Å². The topological polar surface area (TPSA) is 63.2 Å². The third-order valence-corrected chi connectivity index (χ3v) is 4.65. The lowest BCUT2D eigenvalue weighted by atomic mass is 9.99. The largest absolute Gasteiger partial charge is 0.293 e. The predicted octanol–water partition coefficient (Wildman–Crippen LogP) is 4.50. The molecule has 0 N–H and O–H groups in total. The summed E-state index contributed by atoms with van der Waals surface area (Å²) in [5.41, 5.74) is 2.65. The van der Waals surface area contributed by atoms with Crippen LogP contribution in [0.15, 0.2) is 48.7 Å². The maximum atomic E-state index is 13.9. The smallest absolute Gasteiger partial charge is 0.240 e. The van der Waals surface area contributed by atoms with E-state index in [0.29, 0.717) is 11.4 Å². The van der Waals surface area contributed by atoms with E-state index in [2.05, 4.69) is 9.97 Å². The van der Waals surface area contributed by atoms with Crippen LogP contribution in [0, 0.1) is 12.7 Å². The zero-order valence-corrected chi connectivity index (χ0v) is 15.0. The summed E-state index contributed by atoms with van der Waals surface area (Å²) in [6.07, 6.45) is 1.27. The van der Waals surface area contributed by atoms with Crippen molar-refractivity contribution < 1.29 is 14.0 Å². The van der Waals surface area contributed by atoms with Crippen molar-refractivity contribution in [3.8, 4) is 11.3 Å². The number of nitrogens with zero attached hydrogens (tertiary/aromatic N) is 3. The molecule has 1 amide bonds. The normalized spacial score (nSPS) is 13.7. The van der Waals surface area contributed by atoms with E-state index in [1.807, 2.05) is 37.3 Å². The Kier molecular flexibility index (Phi) is 4.20. The van der Waals surface area contributed by atoms with Crippen molar-refractivity contribution in [2.45, 2.75) is 13.3 Å². The molecule has 1 aliphatic rings. The molecule has 134 valence electrons. The first-order chi connectivity index (χ1) is 13.0. The first kappa shape index (κ1) is 17.3. The summed E-state index contributed by atoms with van der Waals surface area (Å²) in [6.45, 7) is 1.83. The van der Waals surface area contributed by atoms with Crippen molar-refractivity contribution in [2.24, 2.45) is 0 Å². The third kappa shape index (κ3) is 2.88. The number of aromatic nitrogens is 2. The summed E-state index contributed by atoms with van der Waals surface area (Å²) < 4.78 is 13.9. The van der Waals surface area contributed by atoms with Crippen LogP contribution in [0.5, 0.6) is 0 Å². The second kappa shape index (κ2) is 6.55. The minimum absolute atomic E-state index is 0.0240. The predicted molar refractivity (Wildman–Crippen MR) is 99.7 cm³/mol. The second-order valence-corrected chi connectivity index (χ2v) is 6.51. The minimum atomic E-state index is -0.802. The Bertz CT molecular complexity index is 1090. The average Bonchev–Trinajstić information content (AvgIpc) is 2.65. The molecule has 0 aliphatic carbocycles. The highest BCUT2D eigenvalue weighted by molar-refractivity contribution is 6.30. The van der Waals surface area contributed by atoms with Gasteiger partial charge in [0.25, 0.3) is 0 Å². The van der Waals surface area contributed by atoms with E-state index in [9.17, 15) is 14.0 Å². The van der Waals surface area contributed by atoms with Gasteiger partial charge in [-0.3, -0.25) is 19.5 Å². The SMILES string of the molecule is Cc1ccnc(-c2ccccc2)c1N1C(=O)CC(=O)c2cc(F)c(Cl)nc21. The van der Waals surface area contributed by atoms with Crippen molar-refractivity contribution in [3.05, 3.63) is 70.8 Å². The van der Waals surface area contributed by atoms with E-state index in [4.69, 9.17) is 11.6 Å². The minimum Gasteiger partial charge on any atom is -0.293 e. The van der Waals surface area contributed by atoms with E-state index in [1.165, 1.54) is 4.90 Å². The van der Waals surface area contributed by atoms with Crippen molar-refractivity contribution in [1.29, 1.82) is 0 Å². The Balaban J connectivity index is 2.00. The quantitative estimate of drug-likeness (QED) is 0.484. The van der Waals surface area contributed by atoms with Crippen LogP contribution in [0.25, 0.3) is 11.3 Å². The van der Waals surface area contributed by atoms with Crippen LogP contribution in [0.1, 0.15) is 22.3 Å². The molecular weight excluding hydrogens is 369 g/mol. The van der Waals surface area contributed by atoms with Crippen LogP contribution in [0.2, 0.25) is 5.15 Å². The molecule has 3 aromatic rings. The molecule has 0 saturated heterocycles. The maximum Gasteiger partial charge on any atom is 0.240 e. The first-order valence-corrected chi connectivity index (χ1v) is 8.58. The van der Waals surface area contributed by atoms with E-state index < -0.39 is 22.7 Å². The number of amides is 1. The number of benzene rings is 1. The van der Waals surface area contributed by atoms with Gasteiger partial charge in [0.1, 0.15) is 0 Å². The number of hydrogen-bond acceptors (Lipinski definition) is 4. The van der Waals surface area contributed by atoms with Crippen LogP contribution < -0.4 is 4.90 Å². The van der Waals surface area contributed by atoms with Crippen LogP contribution in [-0.2, 0) is 4.79 Å². The molecule has 0 fully saturated rings. The number of halogens is 2. The van der Waals surface area contributed by atoms with Crippen molar-refractivity contribution in [3.63, 3.8) is 0 Å². The van der Waals surface area contributed by atoms with Crippen molar-refractivity contribution in [1.82, 2.24) is 9.97 Å². The Morgan fingerprint density at radius 1 is 1.15 bits per heavy atom. The van der Waals surface area contributed by atoms with Gasteiger partial charge < -0.3 is 0 Å². The van der Waals surface area contributed by atoms with Crippen LogP contribution >= 0.6 is 11.6 Å². The second-order valence-electron chi connectivity index (χ2n) is 6.15. The fraction of sp³-hybridized carbons (Fsp3) is 0.100. The molecular formula is C20H13ClFN3O2. The number of rotatable bonds is 2. The molecule has 1 aliphatic heterocycles. The first-order valence-electron chi connectivity index (χ1n) is 8.20. The molecule has 0 radical (unpaired) electrons. The highest BCUT2D eigenvalue weighted by atomic mass is 35.5. The van der Waals surface area contributed by atoms with Gasteiger partial charge in [-0.25, -0.2) is 9.37 Å². The molecule has 2 aromatic heterocycles. The molecule has 0 saturated carbocycles. The lowest BCUT2D eigenvalue weighted by molar-refractivity contribution is -0.117. The number of carbonyl (C=O) groups excluding carboxylic acids is 2. The average molecular weight is 382 g/mol. The maximum absolute atomic E-state index is 13.9. The third-order valence-electron chi connectivity index (χ3n) is 4.38. The molecule has 0 atom stereocenters. The van der Waals surface area contributed by atoms with Gasteiger partial charge in [-0.05, 0) is 24.6 Å². The molecule has 7 heteroatoms. The summed E-state index contributed by atoms with van der Waals surface area (Å²) in [4.78, 5) is 34.8. The van der Waals surface area contributed by atoms with E-state index in [-0.39, 0.29) is 17.8 Å². The summed E-state index contributed by atoms with van der Waals surface area (Å²) in [5, 5.41) is -0.399. The molecule has 27 heavy (non-hydrogen) atoms. The van der Waals surface area contributed by atoms with Crippen molar-refractivity contribution in [2.75, 3.05) is 4.90 Å². The molecule has 5 nitrogen and oxygen atoms in total. The molecule has 4 rings (SSSR count). The lowest BCUT2D eigenvalue weighted by Crippen LogP contribution is -2.35.